The standard InChI is InChI=1S/C16H17N3O2/c1-12(2)19(14-8-4-3-5-9-14)16(21)18-15(20)13-7-6-10-17-11-13/h3-12H,1-2H3,(H,18,20,21). The summed E-state index contributed by atoms with van der Waals surface area (Å²) in [5.41, 5.74) is 1.09. The maximum atomic E-state index is 12.3. The van der Waals surface area contributed by atoms with E-state index < -0.39 is 11.9 Å². The fourth-order valence-electron chi connectivity index (χ4n) is 1.97. The van der Waals surface area contributed by atoms with Crippen molar-refractivity contribution in [3.05, 3.63) is 60.4 Å². The summed E-state index contributed by atoms with van der Waals surface area (Å²) in [5.74, 6) is -0.463. The molecule has 0 spiro atoms. The van der Waals surface area contributed by atoms with Gasteiger partial charge in [-0.25, -0.2) is 4.79 Å². The third-order valence-corrected chi connectivity index (χ3v) is 2.91. The average Bonchev–Trinajstić information content (AvgIpc) is 2.49. The second-order valence-electron chi connectivity index (χ2n) is 4.80. The molecule has 1 aromatic heterocycles. The minimum Gasteiger partial charge on any atom is -0.292 e. The van der Waals surface area contributed by atoms with Gasteiger partial charge in [-0.05, 0) is 38.1 Å². The fourth-order valence-corrected chi connectivity index (χ4v) is 1.97. The molecule has 1 aromatic carbocycles. The molecule has 0 atom stereocenters. The molecule has 5 nitrogen and oxygen atoms in total. The van der Waals surface area contributed by atoms with Crippen molar-refractivity contribution in [3.8, 4) is 0 Å². The Bertz CT molecular complexity index is 612. The number of urea groups is 1. The van der Waals surface area contributed by atoms with Crippen LogP contribution in [0.1, 0.15) is 24.2 Å². The van der Waals surface area contributed by atoms with E-state index in [0.29, 0.717) is 5.56 Å². The Labute approximate surface area is 123 Å². The van der Waals surface area contributed by atoms with Crippen LogP contribution in [-0.4, -0.2) is 23.0 Å². The lowest BCUT2D eigenvalue weighted by atomic mass is 10.2. The highest BCUT2D eigenvalue weighted by atomic mass is 16.2. The van der Waals surface area contributed by atoms with E-state index in [1.807, 2.05) is 44.2 Å². The highest BCUT2D eigenvalue weighted by Crippen LogP contribution is 2.16. The van der Waals surface area contributed by atoms with Gasteiger partial charge in [0.15, 0.2) is 0 Å². The number of carbonyl (C=O) groups excluding carboxylic acids is 2. The number of carbonyl (C=O) groups is 2. The molecule has 21 heavy (non-hydrogen) atoms. The lowest BCUT2D eigenvalue weighted by molar-refractivity contribution is 0.0965. The van der Waals surface area contributed by atoms with Gasteiger partial charge in [-0.2, -0.15) is 0 Å². The molecular formula is C16H17N3O2. The lowest BCUT2D eigenvalue weighted by Gasteiger charge is -2.26. The van der Waals surface area contributed by atoms with Crippen molar-refractivity contribution in [2.24, 2.45) is 0 Å². The van der Waals surface area contributed by atoms with Crippen LogP contribution >= 0.6 is 0 Å². The van der Waals surface area contributed by atoms with Gasteiger partial charge in [-0.3, -0.25) is 20.0 Å². The monoisotopic (exact) mass is 283 g/mol. The van der Waals surface area contributed by atoms with Crippen LogP contribution in [0.15, 0.2) is 54.9 Å². The number of hydrogen-bond acceptors (Lipinski definition) is 3. The van der Waals surface area contributed by atoms with Crippen molar-refractivity contribution in [1.82, 2.24) is 10.3 Å². The molecule has 5 heteroatoms. The first-order valence-corrected chi connectivity index (χ1v) is 6.69. The van der Waals surface area contributed by atoms with Gasteiger partial charge in [0, 0.05) is 24.1 Å². The van der Waals surface area contributed by atoms with Gasteiger partial charge in [0.25, 0.3) is 5.91 Å². The van der Waals surface area contributed by atoms with E-state index in [1.165, 1.54) is 11.1 Å². The van der Waals surface area contributed by atoms with Gasteiger partial charge in [0.05, 0.1) is 5.56 Å². The molecule has 2 rings (SSSR count). The summed E-state index contributed by atoms with van der Waals surface area (Å²) < 4.78 is 0. The second-order valence-corrected chi connectivity index (χ2v) is 4.80. The van der Waals surface area contributed by atoms with Gasteiger partial charge in [-0.1, -0.05) is 18.2 Å². The van der Waals surface area contributed by atoms with Crippen LogP contribution in [-0.2, 0) is 0 Å². The Hall–Kier alpha value is -2.69. The number of nitrogens with one attached hydrogen (secondary N) is 1. The number of hydrogen-bond donors (Lipinski definition) is 1. The third-order valence-electron chi connectivity index (χ3n) is 2.91. The summed E-state index contributed by atoms with van der Waals surface area (Å²) in [4.78, 5) is 29.8. The summed E-state index contributed by atoms with van der Waals surface area (Å²) >= 11 is 0. The molecule has 1 N–H and O–H groups in total. The molecule has 0 aliphatic carbocycles. The van der Waals surface area contributed by atoms with E-state index in [0.717, 1.165) is 5.69 Å². The average molecular weight is 283 g/mol. The Morgan fingerprint density at radius 3 is 2.38 bits per heavy atom. The zero-order valence-electron chi connectivity index (χ0n) is 12.0. The fraction of sp³-hybridized carbons (Fsp3) is 0.188. The van der Waals surface area contributed by atoms with Gasteiger partial charge in [-0.15, -0.1) is 0 Å². The Balaban J connectivity index is 2.15. The van der Waals surface area contributed by atoms with Crippen LogP contribution in [0.25, 0.3) is 0 Å². The van der Waals surface area contributed by atoms with E-state index in [1.54, 1.807) is 18.3 Å². The molecule has 0 bridgehead atoms. The number of pyridine rings is 1. The van der Waals surface area contributed by atoms with Crippen molar-refractivity contribution < 1.29 is 9.59 Å². The number of amides is 3. The second kappa shape index (κ2) is 6.65. The van der Waals surface area contributed by atoms with E-state index in [2.05, 4.69) is 10.3 Å². The van der Waals surface area contributed by atoms with E-state index in [9.17, 15) is 9.59 Å². The topological polar surface area (TPSA) is 62.3 Å². The van der Waals surface area contributed by atoms with Crippen LogP contribution < -0.4 is 10.2 Å². The van der Waals surface area contributed by atoms with Crippen LogP contribution in [0.4, 0.5) is 10.5 Å². The molecule has 1 heterocycles. The Morgan fingerprint density at radius 1 is 1.10 bits per heavy atom. The number of aromatic nitrogens is 1. The predicted molar refractivity (Wildman–Crippen MR) is 81.2 cm³/mol. The first-order valence-electron chi connectivity index (χ1n) is 6.69. The molecule has 0 aliphatic heterocycles. The quantitative estimate of drug-likeness (QED) is 0.942. The summed E-state index contributed by atoms with van der Waals surface area (Å²) in [7, 11) is 0. The summed E-state index contributed by atoms with van der Waals surface area (Å²) in [6.07, 6.45) is 2.99. The highest BCUT2D eigenvalue weighted by Gasteiger charge is 2.21. The van der Waals surface area contributed by atoms with Crippen LogP contribution in [0.2, 0.25) is 0 Å². The highest BCUT2D eigenvalue weighted by molar-refractivity contribution is 6.08. The predicted octanol–water partition coefficient (Wildman–Crippen LogP) is 2.85. The van der Waals surface area contributed by atoms with Crippen molar-refractivity contribution in [1.29, 1.82) is 0 Å². The summed E-state index contributed by atoms with van der Waals surface area (Å²) in [5, 5.41) is 2.38. The number of para-hydroxylation sites is 1. The van der Waals surface area contributed by atoms with E-state index in [4.69, 9.17) is 0 Å². The zero-order chi connectivity index (χ0) is 15.2. The van der Waals surface area contributed by atoms with E-state index in [-0.39, 0.29) is 6.04 Å². The summed E-state index contributed by atoms with van der Waals surface area (Å²) in [6.45, 7) is 3.78. The van der Waals surface area contributed by atoms with Crippen molar-refractivity contribution in [2.45, 2.75) is 19.9 Å². The van der Waals surface area contributed by atoms with Crippen molar-refractivity contribution >= 4 is 17.6 Å². The Kier molecular flexibility index (Phi) is 4.66. The molecule has 0 fully saturated rings. The molecule has 0 unspecified atom stereocenters. The van der Waals surface area contributed by atoms with Crippen molar-refractivity contribution in [2.75, 3.05) is 4.90 Å². The normalized spacial score (nSPS) is 10.2. The molecule has 2 aromatic rings. The number of rotatable bonds is 3. The first-order chi connectivity index (χ1) is 10.1. The van der Waals surface area contributed by atoms with Gasteiger partial charge < -0.3 is 0 Å². The molecule has 0 saturated carbocycles. The van der Waals surface area contributed by atoms with Gasteiger partial charge in [0.1, 0.15) is 0 Å². The maximum absolute atomic E-state index is 12.3. The molecule has 3 amide bonds. The minimum absolute atomic E-state index is 0.0749. The maximum Gasteiger partial charge on any atom is 0.329 e. The third kappa shape index (κ3) is 3.66. The van der Waals surface area contributed by atoms with Crippen molar-refractivity contribution in [3.63, 3.8) is 0 Å². The molecular weight excluding hydrogens is 266 g/mol. The minimum atomic E-state index is -0.463. The number of nitrogens with zero attached hydrogens (tertiary/aromatic N) is 2. The molecule has 0 saturated heterocycles. The molecule has 0 radical (unpaired) electrons. The smallest absolute Gasteiger partial charge is 0.292 e. The lowest BCUT2D eigenvalue weighted by Crippen LogP contribution is -2.46. The SMILES string of the molecule is CC(C)N(C(=O)NC(=O)c1cccnc1)c1ccccc1. The molecule has 108 valence electrons. The van der Waals surface area contributed by atoms with Crippen LogP contribution in [0, 0.1) is 0 Å². The van der Waals surface area contributed by atoms with E-state index >= 15 is 0 Å². The van der Waals surface area contributed by atoms with Crippen LogP contribution in [0.5, 0.6) is 0 Å². The zero-order valence-corrected chi connectivity index (χ0v) is 12.0. The number of benzene rings is 1. The number of imide groups is 1. The van der Waals surface area contributed by atoms with Gasteiger partial charge >= 0.3 is 6.03 Å². The summed E-state index contributed by atoms with van der Waals surface area (Å²) in [6, 6.07) is 12.0. The van der Waals surface area contributed by atoms with Gasteiger partial charge in [0.2, 0.25) is 0 Å². The largest absolute Gasteiger partial charge is 0.329 e. The number of anilines is 1. The molecule has 0 aliphatic rings. The first kappa shape index (κ1) is 14.7. The van der Waals surface area contributed by atoms with Crippen LogP contribution in [0.3, 0.4) is 0 Å². The Morgan fingerprint density at radius 2 is 1.81 bits per heavy atom.